The molecule has 0 aromatic carbocycles. The Balaban J connectivity index is 1.65. The van der Waals surface area contributed by atoms with E-state index in [9.17, 15) is 0 Å². The van der Waals surface area contributed by atoms with Crippen LogP contribution in [0.25, 0.3) is 0 Å². The van der Waals surface area contributed by atoms with Crippen LogP contribution in [0, 0.1) is 5.92 Å². The predicted molar refractivity (Wildman–Crippen MR) is 90.2 cm³/mol. The summed E-state index contributed by atoms with van der Waals surface area (Å²) in [6, 6.07) is 3.72. The number of ether oxygens (including phenoxy) is 1. The van der Waals surface area contributed by atoms with E-state index in [-0.39, 0.29) is 0 Å². The second-order valence-corrected chi connectivity index (χ2v) is 5.87. The zero-order valence-corrected chi connectivity index (χ0v) is 13.9. The number of guanidine groups is 1. The molecular formula is C16H25ClN4O. The first-order chi connectivity index (χ1) is 10.8. The summed E-state index contributed by atoms with van der Waals surface area (Å²) in [5.74, 6) is 1.65. The second kappa shape index (κ2) is 9.64. The van der Waals surface area contributed by atoms with E-state index < -0.39 is 0 Å². The van der Waals surface area contributed by atoms with Gasteiger partial charge in [-0.05, 0) is 43.7 Å². The van der Waals surface area contributed by atoms with Crippen molar-refractivity contribution in [2.75, 3.05) is 26.3 Å². The Morgan fingerprint density at radius 2 is 2.27 bits per heavy atom. The molecule has 22 heavy (non-hydrogen) atoms. The number of aliphatic imine (C=N–C) groups is 1. The topological polar surface area (TPSA) is 58.5 Å². The quantitative estimate of drug-likeness (QED) is 0.317. The highest BCUT2D eigenvalue weighted by Gasteiger charge is 2.20. The molecule has 1 aromatic rings. The molecule has 1 aliphatic rings. The lowest BCUT2D eigenvalue weighted by Crippen LogP contribution is -2.38. The van der Waals surface area contributed by atoms with Gasteiger partial charge in [-0.15, -0.1) is 0 Å². The van der Waals surface area contributed by atoms with E-state index in [4.69, 9.17) is 16.3 Å². The van der Waals surface area contributed by atoms with Gasteiger partial charge in [0, 0.05) is 32.5 Å². The predicted octanol–water partition coefficient (Wildman–Crippen LogP) is 2.61. The van der Waals surface area contributed by atoms with Crippen LogP contribution in [-0.2, 0) is 11.3 Å². The smallest absolute Gasteiger partial charge is 0.191 e. The van der Waals surface area contributed by atoms with E-state index in [0.717, 1.165) is 50.2 Å². The standard InChI is InChI=1S/C16H25ClN4O/c1-2-18-16(19-8-3-9-22-12-13-4-5-13)21-11-14-6-7-15(17)20-10-14/h6-7,10,13H,2-5,8-9,11-12H2,1H3,(H2,18,19,21). The van der Waals surface area contributed by atoms with Crippen molar-refractivity contribution in [3.63, 3.8) is 0 Å². The minimum atomic E-state index is 0.504. The van der Waals surface area contributed by atoms with Crippen molar-refractivity contribution < 1.29 is 4.74 Å². The molecule has 6 heteroatoms. The highest BCUT2D eigenvalue weighted by molar-refractivity contribution is 6.29. The van der Waals surface area contributed by atoms with Gasteiger partial charge in [0.2, 0.25) is 0 Å². The molecule has 0 aliphatic heterocycles. The summed E-state index contributed by atoms with van der Waals surface area (Å²) in [4.78, 5) is 8.60. The zero-order valence-electron chi connectivity index (χ0n) is 13.1. The Morgan fingerprint density at radius 3 is 2.95 bits per heavy atom. The zero-order chi connectivity index (χ0) is 15.6. The summed E-state index contributed by atoms with van der Waals surface area (Å²) >= 11 is 5.77. The molecule has 0 spiro atoms. The van der Waals surface area contributed by atoms with Crippen LogP contribution in [0.4, 0.5) is 0 Å². The number of nitrogens with one attached hydrogen (secondary N) is 2. The van der Waals surface area contributed by atoms with Crippen molar-refractivity contribution in [3.8, 4) is 0 Å². The fourth-order valence-corrected chi connectivity index (χ4v) is 2.04. The largest absolute Gasteiger partial charge is 0.381 e. The lowest BCUT2D eigenvalue weighted by Gasteiger charge is -2.11. The van der Waals surface area contributed by atoms with E-state index in [1.54, 1.807) is 12.3 Å². The van der Waals surface area contributed by atoms with Gasteiger partial charge in [0.15, 0.2) is 5.96 Å². The van der Waals surface area contributed by atoms with Gasteiger partial charge in [-0.3, -0.25) is 0 Å². The van der Waals surface area contributed by atoms with E-state index in [1.165, 1.54) is 12.8 Å². The summed E-state index contributed by atoms with van der Waals surface area (Å²) in [6.45, 7) is 6.07. The molecule has 2 rings (SSSR count). The molecule has 122 valence electrons. The Kier molecular flexibility index (Phi) is 7.46. The van der Waals surface area contributed by atoms with Gasteiger partial charge in [0.1, 0.15) is 5.15 Å². The number of pyridine rings is 1. The van der Waals surface area contributed by atoms with Crippen LogP contribution < -0.4 is 10.6 Å². The van der Waals surface area contributed by atoms with Gasteiger partial charge in [-0.25, -0.2) is 9.98 Å². The summed E-state index contributed by atoms with van der Waals surface area (Å²) in [5, 5.41) is 7.06. The SMILES string of the molecule is CCNC(=NCc1ccc(Cl)nc1)NCCCOCC1CC1. The monoisotopic (exact) mass is 324 g/mol. The molecule has 1 fully saturated rings. The molecule has 0 amide bonds. The summed E-state index contributed by atoms with van der Waals surface area (Å²) in [6.07, 6.45) is 5.42. The minimum Gasteiger partial charge on any atom is -0.381 e. The van der Waals surface area contributed by atoms with Gasteiger partial charge in [-0.2, -0.15) is 0 Å². The molecule has 0 radical (unpaired) electrons. The van der Waals surface area contributed by atoms with Crippen LogP contribution in [0.5, 0.6) is 0 Å². The third-order valence-corrected chi connectivity index (χ3v) is 3.58. The lowest BCUT2D eigenvalue weighted by atomic mass is 10.3. The van der Waals surface area contributed by atoms with Crippen molar-refractivity contribution in [1.82, 2.24) is 15.6 Å². The average molecular weight is 325 g/mol. The van der Waals surface area contributed by atoms with Crippen molar-refractivity contribution in [2.24, 2.45) is 10.9 Å². The highest BCUT2D eigenvalue weighted by atomic mass is 35.5. The van der Waals surface area contributed by atoms with Gasteiger partial charge < -0.3 is 15.4 Å². The van der Waals surface area contributed by atoms with Crippen molar-refractivity contribution in [3.05, 3.63) is 29.0 Å². The van der Waals surface area contributed by atoms with Crippen LogP contribution in [0.15, 0.2) is 23.3 Å². The molecule has 1 aromatic heterocycles. The van der Waals surface area contributed by atoms with E-state index >= 15 is 0 Å². The number of hydrogen-bond donors (Lipinski definition) is 2. The summed E-state index contributed by atoms with van der Waals surface area (Å²) in [7, 11) is 0. The summed E-state index contributed by atoms with van der Waals surface area (Å²) < 4.78 is 5.62. The second-order valence-electron chi connectivity index (χ2n) is 5.48. The number of halogens is 1. The van der Waals surface area contributed by atoms with Gasteiger partial charge in [0.25, 0.3) is 0 Å². The number of aromatic nitrogens is 1. The van der Waals surface area contributed by atoms with Crippen LogP contribution in [0.2, 0.25) is 5.15 Å². The molecule has 1 aliphatic carbocycles. The molecular weight excluding hydrogens is 300 g/mol. The third-order valence-electron chi connectivity index (χ3n) is 3.36. The average Bonchev–Trinajstić information content (AvgIpc) is 3.34. The fraction of sp³-hybridized carbons (Fsp3) is 0.625. The number of nitrogens with zero attached hydrogens (tertiary/aromatic N) is 2. The van der Waals surface area contributed by atoms with Crippen molar-refractivity contribution in [2.45, 2.75) is 32.7 Å². The first kappa shape index (κ1) is 17.0. The third kappa shape index (κ3) is 7.09. The maximum atomic E-state index is 5.77. The van der Waals surface area contributed by atoms with E-state index in [0.29, 0.717) is 11.7 Å². The lowest BCUT2D eigenvalue weighted by molar-refractivity contribution is 0.123. The Labute approximate surface area is 137 Å². The minimum absolute atomic E-state index is 0.504. The van der Waals surface area contributed by atoms with Gasteiger partial charge >= 0.3 is 0 Å². The van der Waals surface area contributed by atoms with Crippen LogP contribution >= 0.6 is 11.6 Å². The Bertz CT molecular complexity index is 460. The maximum Gasteiger partial charge on any atom is 0.191 e. The van der Waals surface area contributed by atoms with E-state index in [2.05, 4.69) is 27.5 Å². The number of hydrogen-bond acceptors (Lipinski definition) is 3. The van der Waals surface area contributed by atoms with Crippen LogP contribution in [0.1, 0.15) is 31.7 Å². The highest BCUT2D eigenvalue weighted by Crippen LogP contribution is 2.28. The fourth-order valence-electron chi connectivity index (χ4n) is 1.93. The molecule has 1 saturated carbocycles. The first-order valence-electron chi connectivity index (χ1n) is 7.98. The van der Waals surface area contributed by atoms with Crippen molar-refractivity contribution >= 4 is 17.6 Å². The Hall–Kier alpha value is -1.33. The Morgan fingerprint density at radius 1 is 1.41 bits per heavy atom. The molecule has 0 bridgehead atoms. The summed E-state index contributed by atoms with van der Waals surface area (Å²) in [5.41, 5.74) is 1.04. The normalized spacial score (nSPS) is 14.9. The van der Waals surface area contributed by atoms with E-state index in [1.807, 2.05) is 6.07 Å². The molecule has 5 nitrogen and oxygen atoms in total. The van der Waals surface area contributed by atoms with Gasteiger partial charge in [0.05, 0.1) is 6.54 Å². The van der Waals surface area contributed by atoms with Crippen LogP contribution in [0.3, 0.4) is 0 Å². The molecule has 0 atom stereocenters. The molecule has 0 saturated heterocycles. The molecule has 2 N–H and O–H groups in total. The van der Waals surface area contributed by atoms with Crippen LogP contribution in [-0.4, -0.2) is 37.2 Å². The molecule has 1 heterocycles. The maximum absolute atomic E-state index is 5.77. The van der Waals surface area contributed by atoms with Gasteiger partial charge in [-0.1, -0.05) is 17.7 Å². The van der Waals surface area contributed by atoms with Crippen molar-refractivity contribution in [1.29, 1.82) is 0 Å². The molecule has 0 unspecified atom stereocenters. The first-order valence-corrected chi connectivity index (χ1v) is 8.36. The number of rotatable bonds is 9.